The summed E-state index contributed by atoms with van der Waals surface area (Å²) in [5.41, 5.74) is -0.620. The van der Waals surface area contributed by atoms with Crippen molar-refractivity contribution in [2.24, 2.45) is 12.2 Å². The molecule has 13 heavy (non-hydrogen) atoms. The Kier molecular flexibility index (Phi) is 2.05. The minimum Gasteiger partial charge on any atom is -0.258 e. The highest BCUT2D eigenvalue weighted by Gasteiger charge is 2.27. The number of sulfonamides is 1. The Bertz CT molecular complexity index is 447. The number of hydrogen-bond acceptors (Lipinski definition) is 5. The molecule has 0 saturated carbocycles. The van der Waals surface area contributed by atoms with E-state index >= 15 is 0 Å². The van der Waals surface area contributed by atoms with E-state index in [0.29, 0.717) is 0 Å². The summed E-state index contributed by atoms with van der Waals surface area (Å²) in [6, 6.07) is 0. The number of nitro groups is 1. The van der Waals surface area contributed by atoms with E-state index in [2.05, 4.69) is 5.10 Å². The summed E-state index contributed by atoms with van der Waals surface area (Å²) in [6.45, 7) is 0. The Morgan fingerprint density at radius 2 is 2.23 bits per heavy atom. The van der Waals surface area contributed by atoms with Crippen molar-refractivity contribution in [1.29, 1.82) is 0 Å². The first-order valence-corrected chi connectivity index (χ1v) is 4.58. The second kappa shape index (κ2) is 2.78. The third-order valence-electron chi connectivity index (χ3n) is 1.33. The maximum absolute atomic E-state index is 10.9. The van der Waals surface area contributed by atoms with Crippen LogP contribution in [0.15, 0.2) is 11.2 Å². The molecule has 1 rings (SSSR count). The van der Waals surface area contributed by atoms with Crippen molar-refractivity contribution in [2.75, 3.05) is 0 Å². The van der Waals surface area contributed by atoms with Crippen LogP contribution >= 0.6 is 0 Å². The standard InChI is InChI=1S/C4H6N4O4S/c1-7-4(13(5,11)12)3(2-6-7)8(9)10/h2H,1H3,(H2,5,11,12). The van der Waals surface area contributed by atoms with Crippen LogP contribution in [0.5, 0.6) is 0 Å². The zero-order chi connectivity index (χ0) is 10.2. The van der Waals surface area contributed by atoms with Crippen LogP contribution < -0.4 is 5.14 Å². The first-order valence-electron chi connectivity index (χ1n) is 3.03. The molecular weight excluding hydrogens is 200 g/mol. The molecule has 0 bridgehead atoms. The molecule has 0 unspecified atom stereocenters. The van der Waals surface area contributed by atoms with Gasteiger partial charge in [0.2, 0.25) is 5.03 Å². The molecule has 8 nitrogen and oxygen atoms in total. The fourth-order valence-electron chi connectivity index (χ4n) is 0.870. The highest BCUT2D eigenvalue weighted by molar-refractivity contribution is 7.89. The molecule has 0 aliphatic carbocycles. The Balaban J connectivity index is 3.51. The first-order chi connectivity index (χ1) is 5.84. The van der Waals surface area contributed by atoms with Gasteiger partial charge in [0.1, 0.15) is 6.20 Å². The van der Waals surface area contributed by atoms with E-state index in [1.54, 1.807) is 0 Å². The monoisotopic (exact) mass is 206 g/mol. The lowest BCUT2D eigenvalue weighted by atomic mass is 10.6. The number of primary sulfonamides is 1. The van der Waals surface area contributed by atoms with E-state index < -0.39 is 25.7 Å². The van der Waals surface area contributed by atoms with E-state index in [9.17, 15) is 18.5 Å². The number of hydrogen-bond donors (Lipinski definition) is 1. The fraction of sp³-hybridized carbons (Fsp3) is 0.250. The summed E-state index contributed by atoms with van der Waals surface area (Å²) in [7, 11) is -2.85. The summed E-state index contributed by atoms with van der Waals surface area (Å²) < 4.78 is 22.5. The van der Waals surface area contributed by atoms with E-state index in [1.165, 1.54) is 7.05 Å². The Hall–Kier alpha value is -1.48. The summed E-state index contributed by atoms with van der Waals surface area (Å²) in [5.74, 6) is 0. The van der Waals surface area contributed by atoms with Crippen LogP contribution in [0.2, 0.25) is 0 Å². The summed E-state index contributed by atoms with van der Waals surface area (Å²) in [4.78, 5) is 9.46. The molecule has 9 heteroatoms. The number of nitrogens with two attached hydrogens (primary N) is 1. The Labute approximate surface area is 73.2 Å². The van der Waals surface area contributed by atoms with Gasteiger partial charge in [-0.15, -0.1) is 0 Å². The van der Waals surface area contributed by atoms with Crippen molar-refractivity contribution in [3.8, 4) is 0 Å². The lowest BCUT2D eigenvalue weighted by Crippen LogP contribution is -2.17. The second-order valence-corrected chi connectivity index (χ2v) is 3.74. The van der Waals surface area contributed by atoms with Crippen LogP contribution in [0.3, 0.4) is 0 Å². The molecule has 2 N–H and O–H groups in total. The summed E-state index contributed by atoms with van der Waals surface area (Å²) in [5, 5.41) is 17.9. The highest BCUT2D eigenvalue weighted by atomic mass is 32.2. The van der Waals surface area contributed by atoms with Gasteiger partial charge in [0, 0.05) is 7.05 Å². The molecule has 0 spiro atoms. The lowest BCUT2D eigenvalue weighted by molar-refractivity contribution is -0.388. The van der Waals surface area contributed by atoms with Crippen LogP contribution in [-0.2, 0) is 17.1 Å². The zero-order valence-corrected chi connectivity index (χ0v) is 7.35. The van der Waals surface area contributed by atoms with Crippen molar-refractivity contribution in [3.05, 3.63) is 16.3 Å². The molecule has 0 aromatic carbocycles. The highest BCUT2D eigenvalue weighted by Crippen LogP contribution is 2.20. The minimum absolute atomic E-state index is 0.600. The van der Waals surface area contributed by atoms with Gasteiger partial charge >= 0.3 is 5.69 Å². The average Bonchev–Trinajstić information content (AvgIpc) is 2.28. The van der Waals surface area contributed by atoms with Crippen molar-refractivity contribution >= 4 is 15.7 Å². The predicted octanol–water partition coefficient (Wildman–Crippen LogP) is -1.02. The molecule has 1 heterocycles. The molecule has 0 aliphatic heterocycles. The fourth-order valence-corrected chi connectivity index (χ4v) is 1.70. The van der Waals surface area contributed by atoms with Gasteiger partial charge < -0.3 is 0 Å². The molecule has 72 valence electrons. The second-order valence-electron chi connectivity index (χ2n) is 2.26. The van der Waals surface area contributed by atoms with Crippen LogP contribution in [0.4, 0.5) is 5.69 Å². The summed E-state index contributed by atoms with van der Waals surface area (Å²) >= 11 is 0. The molecule has 0 saturated heterocycles. The van der Waals surface area contributed by atoms with Crippen molar-refractivity contribution < 1.29 is 13.3 Å². The quantitative estimate of drug-likeness (QED) is 0.490. The smallest absolute Gasteiger partial charge is 0.258 e. The molecule has 0 amide bonds. The third kappa shape index (κ3) is 1.65. The molecule has 0 atom stereocenters. The average molecular weight is 206 g/mol. The number of nitrogens with zero attached hydrogens (tertiary/aromatic N) is 3. The zero-order valence-electron chi connectivity index (χ0n) is 6.54. The topological polar surface area (TPSA) is 121 Å². The number of aryl methyl sites for hydroxylation is 1. The van der Waals surface area contributed by atoms with Gasteiger partial charge in [-0.05, 0) is 0 Å². The van der Waals surface area contributed by atoms with Crippen LogP contribution in [-0.4, -0.2) is 23.1 Å². The van der Waals surface area contributed by atoms with E-state index in [1.807, 2.05) is 0 Å². The maximum atomic E-state index is 10.9. The Morgan fingerprint density at radius 1 is 1.69 bits per heavy atom. The van der Waals surface area contributed by atoms with Crippen LogP contribution in [0.25, 0.3) is 0 Å². The number of aromatic nitrogens is 2. The van der Waals surface area contributed by atoms with Gasteiger partial charge in [-0.1, -0.05) is 0 Å². The number of rotatable bonds is 2. The predicted molar refractivity (Wildman–Crippen MR) is 41.2 cm³/mol. The van der Waals surface area contributed by atoms with Crippen LogP contribution in [0.1, 0.15) is 0 Å². The molecule has 1 aromatic heterocycles. The van der Waals surface area contributed by atoms with Crippen molar-refractivity contribution in [2.45, 2.75) is 5.03 Å². The Morgan fingerprint density at radius 3 is 2.54 bits per heavy atom. The molecule has 0 aliphatic rings. The van der Waals surface area contributed by atoms with Gasteiger partial charge in [0.15, 0.2) is 0 Å². The normalized spacial score (nSPS) is 11.5. The van der Waals surface area contributed by atoms with Gasteiger partial charge in [-0.2, -0.15) is 5.10 Å². The minimum atomic E-state index is -4.11. The molecule has 0 fully saturated rings. The summed E-state index contributed by atoms with van der Waals surface area (Å²) in [6.07, 6.45) is 0.833. The first kappa shape index (κ1) is 9.61. The third-order valence-corrected chi connectivity index (χ3v) is 2.34. The van der Waals surface area contributed by atoms with E-state index in [-0.39, 0.29) is 0 Å². The van der Waals surface area contributed by atoms with Gasteiger partial charge in [0.05, 0.1) is 4.92 Å². The molecular formula is C4H6N4O4S. The van der Waals surface area contributed by atoms with E-state index in [4.69, 9.17) is 5.14 Å². The molecule has 1 aromatic rings. The van der Waals surface area contributed by atoms with Gasteiger partial charge in [-0.3, -0.25) is 14.8 Å². The van der Waals surface area contributed by atoms with Gasteiger partial charge in [0.25, 0.3) is 10.0 Å². The van der Waals surface area contributed by atoms with E-state index in [0.717, 1.165) is 10.9 Å². The van der Waals surface area contributed by atoms with Gasteiger partial charge in [-0.25, -0.2) is 13.6 Å². The maximum Gasteiger partial charge on any atom is 0.327 e. The van der Waals surface area contributed by atoms with Crippen LogP contribution in [0, 0.1) is 10.1 Å². The lowest BCUT2D eigenvalue weighted by Gasteiger charge is -1.96. The molecule has 0 radical (unpaired) electrons. The largest absolute Gasteiger partial charge is 0.327 e. The van der Waals surface area contributed by atoms with Crippen molar-refractivity contribution in [3.63, 3.8) is 0 Å². The van der Waals surface area contributed by atoms with Crippen molar-refractivity contribution in [1.82, 2.24) is 9.78 Å². The SMILES string of the molecule is Cn1ncc([N+](=O)[O-])c1S(N)(=O)=O.